The first kappa shape index (κ1) is 14.3. The van der Waals surface area contributed by atoms with Crippen LogP contribution >= 0.6 is 12.2 Å². The molecule has 1 heterocycles. The summed E-state index contributed by atoms with van der Waals surface area (Å²) >= 11 is 5.72. The normalized spacial score (nSPS) is 16.4. The summed E-state index contributed by atoms with van der Waals surface area (Å²) in [6.07, 6.45) is 1.18. The van der Waals surface area contributed by atoms with Crippen LogP contribution in [0.25, 0.3) is 0 Å². The molecule has 1 aromatic rings. The molecule has 2 rings (SSSR count). The van der Waals surface area contributed by atoms with Gasteiger partial charge in [-0.2, -0.15) is 0 Å². The summed E-state index contributed by atoms with van der Waals surface area (Å²) < 4.78 is 0. The minimum absolute atomic E-state index is 0.649. The van der Waals surface area contributed by atoms with E-state index in [1.807, 2.05) is 0 Å². The highest BCUT2D eigenvalue weighted by Crippen LogP contribution is 2.28. The van der Waals surface area contributed by atoms with Gasteiger partial charge in [-0.15, -0.1) is 0 Å². The number of benzene rings is 1. The SMILES string of the molecule is Cc1cccc(C)c1N1CCCN(CC(C)C)C1=S. The Kier molecular flexibility index (Phi) is 4.46. The molecule has 19 heavy (non-hydrogen) atoms. The zero-order valence-electron chi connectivity index (χ0n) is 12.4. The molecule has 0 N–H and O–H groups in total. The lowest BCUT2D eigenvalue weighted by molar-refractivity contribution is 0.345. The lowest BCUT2D eigenvalue weighted by atomic mass is 10.1. The van der Waals surface area contributed by atoms with Crippen molar-refractivity contribution in [3.05, 3.63) is 29.3 Å². The predicted octanol–water partition coefficient (Wildman–Crippen LogP) is 3.76. The third-order valence-electron chi connectivity index (χ3n) is 3.61. The van der Waals surface area contributed by atoms with Crippen molar-refractivity contribution in [2.45, 2.75) is 34.1 Å². The number of rotatable bonds is 3. The molecular weight excluding hydrogens is 252 g/mol. The Bertz CT molecular complexity index is 448. The molecule has 0 amide bonds. The molecule has 0 radical (unpaired) electrons. The van der Waals surface area contributed by atoms with Crippen LogP contribution in [0.4, 0.5) is 5.69 Å². The third kappa shape index (κ3) is 3.08. The summed E-state index contributed by atoms with van der Waals surface area (Å²) in [7, 11) is 0. The molecule has 104 valence electrons. The van der Waals surface area contributed by atoms with E-state index in [4.69, 9.17) is 12.2 Å². The number of nitrogens with zero attached hydrogens (tertiary/aromatic N) is 2. The lowest BCUT2D eigenvalue weighted by Crippen LogP contribution is -2.50. The van der Waals surface area contributed by atoms with Crippen LogP contribution in [0.2, 0.25) is 0 Å². The fourth-order valence-electron chi connectivity index (χ4n) is 2.83. The highest BCUT2D eigenvalue weighted by Gasteiger charge is 2.25. The molecule has 1 aliphatic heterocycles. The van der Waals surface area contributed by atoms with Gasteiger partial charge in [-0.1, -0.05) is 32.0 Å². The fourth-order valence-corrected chi connectivity index (χ4v) is 3.18. The van der Waals surface area contributed by atoms with Crippen molar-refractivity contribution in [2.75, 3.05) is 24.5 Å². The first-order valence-corrected chi connectivity index (χ1v) is 7.54. The molecule has 1 fully saturated rings. The first-order valence-electron chi connectivity index (χ1n) is 7.13. The summed E-state index contributed by atoms with van der Waals surface area (Å²) in [5.74, 6) is 0.649. The van der Waals surface area contributed by atoms with Crippen molar-refractivity contribution in [3.63, 3.8) is 0 Å². The summed E-state index contributed by atoms with van der Waals surface area (Å²) in [4.78, 5) is 4.68. The second-order valence-electron chi connectivity index (χ2n) is 5.87. The zero-order chi connectivity index (χ0) is 14.0. The highest BCUT2D eigenvalue weighted by atomic mass is 32.1. The summed E-state index contributed by atoms with van der Waals surface area (Å²) in [6, 6.07) is 6.46. The highest BCUT2D eigenvalue weighted by molar-refractivity contribution is 7.80. The number of aryl methyl sites for hydroxylation is 2. The average Bonchev–Trinajstić information content (AvgIpc) is 2.33. The van der Waals surface area contributed by atoms with E-state index in [1.165, 1.54) is 23.2 Å². The van der Waals surface area contributed by atoms with Crippen molar-refractivity contribution in [2.24, 2.45) is 5.92 Å². The van der Waals surface area contributed by atoms with Crippen molar-refractivity contribution >= 4 is 23.0 Å². The molecule has 0 spiro atoms. The summed E-state index contributed by atoms with van der Waals surface area (Å²) in [5, 5.41) is 0.998. The standard InChI is InChI=1S/C16H24N2S/c1-12(2)11-17-9-6-10-18(16(17)19)15-13(3)7-5-8-14(15)4/h5,7-8,12H,6,9-11H2,1-4H3. The van der Waals surface area contributed by atoms with E-state index in [0.717, 1.165) is 24.7 Å². The Hall–Kier alpha value is -1.09. The Morgan fingerprint density at radius 3 is 2.37 bits per heavy atom. The van der Waals surface area contributed by atoms with Gasteiger partial charge in [0, 0.05) is 25.3 Å². The number of anilines is 1. The Labute approximate surface area is 122 Å². The predicted molar refractivity (Wildman–Crippen MR) is 86.9 cm³/mol. The molecule has 2 nitrogen and oxygen atoms in total. The number of thiocarbonyl (C=S) groups is 1. The van der Waals surface area contributed by atoms with Crippen LogP contribution < -0.4 is 4.90 Å². The van der Waals surface area contributed by atoms with E-state index in [1.54, 1.807) is 0 Å². The largest absolute Gasteiger partial charge is 0.349 e. The minimum atomic E-state index is 0.649. The van der Waals surface area contributed by atoms with Crippen LogP contribution in [0.15, 0.2) is 18.2 Å². The van der Waals surface area contributed by atoms with Crippen molar-refractivity contribution < 1.29 is 0 Å². The summed E-state index contributed by atoms with van der Waals surface area (Å²) in [5.41, 5.74) is 3.93. The van der Waals surface area contributed by atoms with Gasteiger partial charge in [0.15, 0.2) is 5.11 Å². The fraction of sp³-hybridized carbons (Fsp3) is 0.562. The van der Waals surface area contributed by atoms with Gasteiger partial charge in [0.2, 0.25) is 0 Å². The van der Waals surface area contributed by atoms with E-state index in [2.05, 4.69) is 55.7 Å². The molecule has 0 bridgehead atoms. The van der Waals surface area contributed by atoms with Crippen molar-refractivity contribution in [3.8, 4) is 0 Å². The molecule has 0 aliphatic carbocycles. The van der Waals surface area contributed by atoms with Crippen molar-refractivity contribution in [1.82, 2.24) is 4.90 Å². The topological polar surface area (TPSA) is 6.48 Å². The van der Waals surface area contributed by atoms with Gasteiger partial charge in [-0.25, -0.2) is 0 Å². The monoisotopic (exact) mass is 276 g/mol. The van der Waals surface area contributed by atoms with Crippen LogP contribution in [0.5, 0.6) is 0 Å². The molecular formula is C16H24N2S. The second kappa shape index (κ2) is 5.91. The van der Waals surface area contributed by atoms with Gasteiger partial charge in [0.1, 0.15) is 0 Å². The molecule has 0 unspecified atom stereocenters. The maximum absolute atomic E-state index is 5.72. The minimum Gasteiger partial charge on any atom is -0.349 e. The summed E-state index contributed by atoms with van der Waals surface area (Å²) in [6.45, 7) is 12.0. The number of hydrogen-bond acceptors (Lipinski definition) is 1. The van der Waals surface area contributed by atoms with Gasteiger partial charge < -0.3 is 9.80 Å². The average molecular weight is 276 g/mol. The molecule has 1 aliphatic rings. The van der Waals surface area contributed by atoms with Gasteiger partial charge in [-0.3, -0.25) is 0 Å². The van der Waals surface area contributed by atoms with Crippen LogP contribution in [0.3, 0.4) is 0 Å². The van der Waals surface area contributed by atoms with E-state index in [9.17, 15) is 0 Å². The second-order valence-corrected chi connectivity index (χ2v) is 6.23. The smallest absolute Gasteiger partial charge is 0.176 e. The lowest BCUT2D eigenvalue weighted by Gasteiger charge is -2.40. The Morgan fingerprint density at radius 1 is 1.16 bits per heavy atom. The molecule has 0 atom stereocenters. The van der Waals surface area contributed by atoms with Gasteiger partial charge in [0.25, 0.3) is 0 Å². The first-order chi connectivity index (χ1) is 9.00. The zero-order valence-corrected chi connectivity index (χ0v) is 13.3. The maximum atomic E-state index is 5.72. The molecule has 0 aromatic heterocycles. The number of para-hydroxylation sites is 1. The molecule has 1 saturated heterocycles. The van der Waals surface area contributed by atoms with Crippen LogP contribution in [0.1, 0.15) is 31.4 Å². The van der Waals surface area contributed by atoms with Gasteiger partial charge in [0.05, 0.1) is 0 Å². The quantitative estimate of drug-likeness (QED) is 0.776. The maximum Gasteiger partial charge on any atom is 0.176 e. The van der Waals surface area contributed by atoms with E-state index in [-0.39, 0.29) is 0 Å². The molecule has 1 aromatic carbocycles. The third-order valence-corrected chi connectivity index (χ3v) is 4.08. The van der Waals surface area contributed by atoms with E-state index < -0.39 is 0 Å². The number of hydrogen-bond donors (Lipinski definition) is 0. The van der Waals surface area contributed by atoms with E-state index in [0.29, 0.717) is 5.92 Å². The Morgan fingerprint density at radius 2 is 1.79 bits per heavy atom. The van der Waals surface area contributed by atoms with Crippen molar-refractivity contribution in [1.29, 1.82) is 0 Å². The Balaban J connectivity index is 2.27. The molecule has 3 heteroatoms. The van der Waals surface area contributed by atoms with Gasteiger partial charge in [-0.05, 0) is 49.5 Å². The van der Waals surface area contributed by atoms with Crippen LogP contribution in [-0.4, -0.2) is 29.6 Å². The van der Waals surface area contributed by atoms with Crippen LogP contribution in [0, 0.1) is 19.8 Å². The van der Waals surface area contributed by atoms with E-state index >= 15 is 0 Å². The van der Waals surface area contributed by atoms with Gasteiger partial charge >= 0.3 is 0 Å². The molecule has 0 saturated carbocycles. The van der Waals surface area contributed by atoms with Crippen LogP contribution in [-0.2, 0) is 0 Å².